The Balaban J connectivity index is 1.96. The van der Waals surface area contributed by atoms with Crippen LogP contribution in [0, 0.1) is 0 Å². The van der Waals surface area contributed by atoms with E-state index < -0.39 is 0 Å². The maximum absolute atomic E-state index is 6.52. The standard InChI is InChI=1S/C18H29N3/c1-18(2,3)21-10-5-6-15(19)17(21)14-7-8-16-13(12-14)9-11-20(16)4/h7-8,12,15,17H,5-6,9-11,19H2,1-4H3. The summed E-state index contributed by atoms with van der Waals surface area (Å²) in [5.74, 6) is 0. The van der Waals surface area contributed by atoms with Gasteiger partial charge in [0.05, 0.1) is 6.04 Å². The van der Waals surface area contributed by atoms with Crippen molar-refractivity contribution in [2.24, 2.45) is 5.73 Å². The number of rotatable bonds is 1. The number of likely N-dealkylation sites (tertiary alicyclic amines) is 1. The molecule has 0 aromatic heterocycles. The van der Waals surface area contributed by atoms with Gasteiger partial charge in [-0.1, -0.05) is 12.1 Å². The molecule has 3 heteroatoms. The van der Waals surface area contributed by atoms with Crippen molar-refractivity contribution in [2.75, 3.05) is 25.0 Å². The van der Waals surface area contributed by atoms with E-state index in [1.54, 1.807) is 0 Å². The van der Waals surface area contributed by atoms with Crippen LogP contribution in [0.15, 0.2) is 18.2 Å². The van der Waals surface area contributed by atoms with Crippen LogP contribution >= 0.6 is 0 Å². The summed E-state index contributed by atoms with van der Waals surface area (Å²) >= 11 is 0. The Bertz CT molecular complexity index is 518. The zero-order valence-electron chi connectivity index (χ0n) is 13.9. The fourth-order valence-electron chi connectivity index (χ4n) is 3.98. The third-order valence-electron chi connectivity index (χ3n) is 5.11. The molecule has 3 rings (SSSR count). The van der Waals surface area contributed by atoms with Crippen molar-refractivity contribution >= 4 is 5.69 Å². The number of benzene rings is 1. The van der Waals surface area contributed by atoms with Crippen molar-refractivity contribution in [3.63, 3.8) is 0 Å². The molecular weight excluding hydrogens is 258 g/mol. The van der Waals surface area contributed by atoms with Gasteiger partial charge in [0.1, 0.15) is 0 Å². The highest BCUT2D eigenvalue weighted by Gasteiger charge is 2.36. The van der Waals surface area contributed by atoms with Crippen molar-refractivity contribution in [1.82, 2.24) is 4.90 Å². The molecule has 2 N–H and O–H groups in total. The second-order valence-corrected chi connectivity index (χ2v) is 7.67. The van der Waals surface area contributed by atoms with E-state index in [9.17, 15) is 0 Å². The van der Waals surface area contributed by atoms with Crippen molar-refractivity contribution in [1.29, 1.82) is 0 Å². The molecule has 1 aromatic carbocycles. The molecule has 3 nitrogen and oxygen atoms in total. The van der Waals surface area contributed by atoms with Crippen LogP contribution in [0.3, 0.4) is 0 Å². The fraction of sp³-hybridized carbons (Fsp3) is 0.667. The second-order valence-electron chi connectivity index (χ2n) is 7.67. The minimum Gasteiger partial charge on any atom is -0.374 e. The summed E-state index contributed by atoms with van der Waals surface area (Å²) in [7, 11) is 2.18. The monoisotopic (exact) mass is 287 g/mol. The van der Waals surface area contributed by atoms with E-state index in [1.807, 2.05) is 0 Å². The first-order chi connectivity index (χ1) is 9.88. The lowest BCUT2D eigenvalue weighted by atomic mass is 9.86. The minimum atomic E-state index is 0.165. The molecular formula is C18H29N3. The summed E-state index contributed by atoms with van der Waals surface area (Å²) in [6.45, 7) is 9.20. The number of hydrogen-bond acceptors (Lipinski definition) is 3. The lowest BCUT2D eigenvalue weighted by Gasteiger charge is -2.47. The number of nitrogens with two attached hydrogens (primary N) is 1. The Labute approximate surface area is 129 Å². The predicted molar refractivity (Wildman–Crippen MR) is 89.8 cm³/mol. The topological polar surface area (TPSA) is 32.5 Å². The summed E-state index contributed by atoms with van der Waals surface area (Å²) in [6.07, 6.45) is 3.51. The first-order valence-electron chi connectivity index (χ1n) is 8.24. The summed E-state index contributed by atoms with van der Waals surface area (Å²) in [4.78, 5) is 4.95. The number of piperidine rings is 1. The van der Waals surface area contributed by atoms with Gasteiger partial charge in [-0.2, -0.15) is 0 Å². The number of hydrogen-bond donors (Lipinski definition) is 1. The second kappa shape index (κ2) is 5.29. The highest BCUT2D eigenvalue weighted by Crippen LogP contribution is 2.38. The summed E-state index contributed by atoms with van der Waals surface area (Å²) in [5, 5.41) is 0. The number of fused-ring (bicyclic) bond motifs is 1. The van der Waals surface area contributed by atoms with Gasteiger partial charge in [0.15, 0.2) is 0 Å². The molecule has 0 radical (unpaired) electrons. The number of nitrogens with zero attached hydrogens (tertiary/aromatic N) is 2. The van der Waals surface area contributed by atoms with Gasteiger partial charge in [0.25, 0.3) is 0 Å². The fourth-order valence-corrected chi connectivity index (χ4v) is 3.98. The van der Waals surface area contributed by atoms with Gasteiger partial charge in [0.2, 0.25) is 0 Å². The molecule has 1 aromatic rings. The predicted octanol–water partition coefficient (Wildman–Crippen LogP) is 2.94. The molecule has 0 amide bonds. The van der Waals surface area contributed by atoms with Crippen LogP contribution in [-0.4, -0.2) is 36.6 Å². The average Bonchev–Trinajstić information content (AvgIpc) is 2.78. The third-order valence-corrected chi connectivity index (χ3v) is 5.11. The van der Waals surface area contributed by atoms with E-state index in [0.29, 0.717) is 6.04 Å². The zero-order chi connectivity index (χ0) is 15.2. The van der Waals surface area contributed by atoms with E-state index in [0.717, 1.165) is 25.9 Å². The lowest BCUT2D eigenvalue weighted by molar-refractivity contribution is 0.0384. The van der Waals surface area contributed by atoms with Crippen LogP contribution in [0.5, 0.6) is 0 Å². The van der Waals surface area contributed by atoms with Gasteiger partial charge >= 0.3 is 0 Å². The summed E-state index contributed by atoms with van der Waals surface area (Å²) < 4.78 is 0. The number of likely N-dealkylation sites (N-methyl/N-ethyl adjacent to an activating group) is 1. The minimum absolute atomic E-state index is 0.165. The molecule has 21 heavy (non-hydrogen) atoms. The van der Waals surface area contributed by atoms with Crippen LogP contribution in [0.4, 0.5) is 5.69 Å². The van der Waals surface area contributed by atoms with Crippen LogP contribution in [0.1, 0.15) is 50.8 Å². The molecule has 0 spiro atoms. The highest BCUT2D eigenvalue weighted by molar-refractivity contribution is 5.58. The summed E-state index contributed by atoms with van der Waals surface area (Å²) in [5.41, 5.74) is 11.0. The molecule has 0 saturated carbocycles. The molecule has 1 fully saturated rings. The van der Waals surface area contributed by atoms with Gasteiger partial charge in [-0.3, -0.25) is 4.90 Å². The number of anilines is 1. The molecule has 2 atom stereocenters. The van der Waals surface area contributed by atoms with Crippen molar-refractivity contribution in [2.45, 2.75) is 57.7 Å². The Kier molecular flexibility index (Phi) is 3.74. The van der Waals surface area contributed by atoms with Crippen LogP contribution in [-0.2, 0) is 6.42 Å². The Morgan fingerprint density at radius 2 is 1.95 bits per heavy atom. The van der Waals surface area contributed by atoms with E-state index in [4.69, 9.17) is 5.73 Å². The van der Waals surface area contributed by atoms with Gasteiger partial charge in [-0.25, -0.2) is 0 Å². The maximum atomic E-state index is 6.52. The third kappa shape index (κ3) is 2.69. The SMILES string of the molecule is CN1CCc2cc(C3C(N)CCCN3C(C)(C)C)ccc21. The van der Waals surface area contributed by atoms with E-state index in [-0.39, 0.29) is 11.6 Å². The maximum Gasteiger partial charge on any atom is 0.0504 e. The Hall–Kier alpha value is -1.06. The smallest absolute Gasteiger partial charge is 0.0504 e. The van der Waals surface area contributed by atoms with Gasteiger partial charge in [-0.05, 0) is 63.8 Å². The van der Waals surface area contributed by atoms with Crippen molar-refractivity contribution in [3.05, 3.63) is 29.3 Å². The van der Waals surface area contributed by atoms with Crippen LogP contribution in [0.2, 0.25) is 0 Å². The van der Waals surface area contributed by atoms with Gasteiger partial charge in [-0.15, -0.1) is 0 Å². The molecule has 116 valence electrons. The molecule has 0 aliphatic carbocycles. The molecule has 0 bridgehead atoms. The molecule has 2 heterocycles. The normalized spacial score (nSPS) is 27.0. The first-order valence-corrected chi connectivity index (χ1v) is 8.24. The Morgan fingerprint density at radius 1 is 1.19 bits per heavy atom. The molecule has 2 aliphatic heterocycles. The van der Waals surface area contributed by atoms with Crippen LogP contribution in [0.25, 0.3) is 0 Å². The largest absolute Gasteiger partial charge is 0.374 e. The molecule has 2 unspecified atom stereocenters. The Morgan fingerprint density at radius 3 is 2.67 bits per heavy atom. The summed E-state index contributed by atoms with van der Waals surface area (Å²) in [6, 6.07) is 7.60. The molecule has 2 aliphatic rings. The van der Waals surface area contributed by atoms with Crippen molar-refractivity contribution < 1.29 is 0 Å². The first kappa shape index (κ1) is 14.9. The zero-order valence-corrected chi connectivity index (χ0v) is 13.9. The van der Waals surface area contributed by atoms with Crippen LogP contribution < -0.4 is 10.6 Å². The van der Waals surface area contributed by atoms with E-state index >= 15 is 0 Å². The molecule has 1 saturated heterocycles. The van der Waals surface area contributed by atoms with Gasteiger partial charge < -0.3 is 10.6 Å². The lowest BCUT2D eigenvalue weighted by Crippen LogP contribution is -2.53. The van der Waals surface area contributed by atoms with E-state index in [1.165, 1.54) is 23.2 Å². The van der Waals surface area contributed by atoms with Gasteiger partial charge in [0, 0.05) is 30.9 Å². The van der Waals surface area contributed by atoms with Crippen molar-refractivity contribution in [3.8, 4) is 0 Å². The quantitative estimate of drug-likeness (QED) is 0.862. The highest BCUT2D eigenvalue weighted by atomic mass is 15.2. The average molecular weight is 287 g/mol. The van der Waals surface area contributed by atoms with E-state index in [2.05, 4.69) is 55.8 Å².